The predicted molar refractivity (Wildman–Crippen MR) is 116 cm³/mol. The maximum Gasteiger partial charge on any atom is 0.220 e. The lowest BCUT2D eigenvalue weighted by atomic mass is 10.2. The maximum absolute atomic E-state index is 12.6. The van der Waals surface area contributed by atoms with Crippen LogP contribution >= 0.6 is 0 Å². The molecule has 0 spiro atoms. The van der Waals surface area contributed by atoms with E-state index in [9.17, 15) is 8.42 Å². The zero-order valence-corrected chi connectivity index (χ0v) is 18.1. The summed E-state index contributed by atoms with van der Waals surface area (Å²) in [5, 5.41) is 11.3. The van der Waals surface area contributed by atoms with Gasteiger partial charge >= 0.3 is 0 Å². The van der Waals surface area contributed by atoms with Gasteiger partial charge in [0, 0.05) is 58.2 Å². The monoisotopic (exact) mass is 443 g/mol. The first-order valence-electron chi connectivity index (χ1n) is 9.97. The lowest BCUT2D eigenvalue weighted by Gasteiger charge is -2.35. The third-order valence-electron chi connectivity index (χ3n) is 5.10. The lowest BCUT2D eigenvalue weighted by molar-refractivity contribution is 0.259. The number of nitrogens with one attached hydrogen (secondary N) is 1. The Labute approximate surface area is 181 Å². The predicted octanol–water partition coefficient (Wildman–Crippen LogP) is 1.08. The Morgan fingerprint density at radius 2 is 2.03 bits per heavy atom. The fraction of sp³-hybridized carbons (Fsp3) is 0.350. The highest BCUT2D eigenvalue weighted by Crippen LogP contribution is 2.13. The van der Waals surface area contributed by atoms with Gasteiger partial charge in [0.05, 0.1) is 11.4 Å². The molecule has 0 amide bonds. The number of benzene rings is 1. The summed E-state index contributed by atoms with van der Waals surface area (Å²) in [6.07, 6.45) is 5.03. The molecule has 0 unspecified atom stereocenters. The van der Waals surface area contributed by atoms with Gasteiger partial charge in [-0.1, -0.05) is 17.3 Å². The van der Waals surface area contributed by atoms with Gasteiger partial charge in [0.2, 0.25) is 10.0 Å². The Hall–Kier alpha value is -3.18. The lowest BCUT2D eigenvalue weighted by Crippen LogP contribution is -2.53. The van der Waals surface area contributed by atoms with Gasteiger partial charge in [0.25, 0.3) is 0 Å². The van der Waals surface area contributed by atoms with Crippen LogP contribution in [0.2, 0.25) is 0 Å². The molecule has 11 heteroatoms. The SMILES string of the molecule is CN=C(NCc1cccc(-n2cccn2)c1)N1CCN(S(=O)(=O)Cc2ccon2)CC1. The zero-order chi connectivity index (χ0) is 21.7. The number of aliphatic imine (C=N–C) groups is 1. The van der Waals surface area contributed by atoms with Crippen LogP contribution in [-0.4, -0.2) is 71.7 Å². The number of guanidine groups is 1. The number of hydrogen-bond acceptors (Lipinski definition) is 6. The molecule has 3 aromatic rings. The van der Waals surface area contributed by atoms with Crippen LogP contribution in [0.15, 0.2) is 64.6 Å². The van der Waals surface area contributed by atoms with Crippen LogP contribution in [-0.2, 0) is 22.3 Å². The molecule has 1 saturated heterocycles. The van der Waals surface area contributed by atoms with Crippen molar-refractivity contribution in [3.05, 3.63) is 66.3 Å². The Balaban J connectivity index is 1.32. The van der Waals surface area contributed by atoms with Gasteiger partial charge in [0.1, 0.15) is 12.0 Å². The van der Waals surface area contributed by atoms with E-state index in [-0.39, 0.29) is 5.75 Å². The summed E-state index contributed by atoms with van der Waals surface area (Å²) < 4.78 is 33.3. The van der Waals surface area contributed by atoms with Gasteiger partial charge in [-0.05, 0) is 23.8 Å². The second kappa shape index (κ2) is 9.31. The molecule has 164 valence electrons. The number of hydrogen-bond donors (Lipinski definition) is 1. The van der Waals surface area contributed by atoms with Crippen molar-refractivity contribution < 1.29 is 12.9 Å². The van der Waals surface area contributed by atoms with Crippen molar-refractivity contribution >= 4 is 16.0 Å². The second-order valence-corrected chi connectivity index (χ2v) is 9.12. The quantitative estimate of drug-likeness (QED) is 0.449. The first-order chi connectivity index (χ1) is 15.0. The van der Waals surface area contributed by atoms with Gasteiger partial charge in [-0.25, -0.2) is 13.1 Å². The fourth-order valence-electron chi connectivity index (χ4n) is 3.51. The van der Waals surface area contributed by atoms with E-state index in [1.807, 2.05) is 35.1 Å². The zero-order valence-electron chi connectivity index (χ0n) is 17.3. The first kappa shape index (κ1) is 21.1. The van der Waals surface area contributed by atoms with E-state index < -0.39 is 10.0 Å². The molecule has 1 N–H and O–H groups in total. The summed E-state index contributed by atoms with van der Waals surface area (Å²) >= 11 is 0. The van der Waals surface area contributed by atoms with Gasteiger partial charge in [-0.3, -0.25) is 4.99 Å². The topological polar surface area (TPSA) is 109 Å². The summed E-state index contributed by atoms with van der Waals surface area (Å²) in [6, 6.07) is 11.6. The van der Waals surface area contributed by atoms with Crippen LogP contribution in [0.25, 0.3) is 5.69 Å². The minimum atomic E-state index is -3.43. The van der Waals surface area contributed by atoms with Crippen LogP contribution in [0.5, 0.6) is 0 Å². The van der Waals surface area contributed by atoms with Crippen LogP contribution in [0.1, 0.15) is 11.3 Å². The summed E-state index contributed by atoms with van der Waals surface area (Å²) in [5.74, 6) is 0.598. The molecule has 0 radical (unpaired) electrons. The highest BCUT2D eigenvalue weighted by Gasteiger charge is 2.28. The molecule has 31 heavy (non-hydrogen) atoms. The van der Waals surface area contributed by atoms with E-state index in [1.54, 1.807) is 19.3 Å². The van der Waals surface area contributed by atoms with E-state index in [2.05, 4.69) is 31.5 Å². The Bertz CT molecular complexity index is 1100. The summed E-state index contributed by atoms with van der Waals surface area (Å²) in [6.45, 7) is 2.52. The third-order valence-corrected chi connectivity index (χ3v) is 6.91. The fourth-order valence-corrected chi connectivity index (χ4v) is 4.94. The van der Waals surface area contributed by atoms with Crippen molar-refractivity contribution in [1.29, 1.82) is 0 Å². The van der Waals surface area contributed by atoms with Gasteiger partial charge in [-0.15, -0.1) is 0 Å². The number of rotatable bonds is 6. The largest absolute Gasteiger partial charge is 0.364 e. The van der Waals surface area contributed by atoms with Crippen molar-refractivity contribution in [3.63, 3.8) is 0 Å². The molecule has 2 aromatic heterocycles. The normalized spacial score (nSPS) is 15.9. The maximum atomic E-state index is 12.6. The summed E-state index contributed by atoms with van der Waals surface area (Å²) in [4.78, 5) is 6.44. The Kier molecular flexibility index (Phi) is 6.33. The molecule has 0 saturated carbocycles. The number of aromatic nitrogens is 3. The van der Waals surface area contributed by atoms with Crippen molar-refractivity contribution in [2.45, 2.75) is 12.3 Å². The molecular weight excluding hydrogens is 418 g/mol. The molecule has 0 atom stereocenters. The molecule has 1 aromatic carbocycles. The minimum absolute atomic E-state index is 0.150. The van der Waals surface area contributed by atoms with E-state index >= 15 is 0 Å². The number of sulfonamides is 1. The van der Waals surface area contributed by atoms with Crippen LogP contribution < -0.4 is 5.32 Å². The van der Waals surface area contributed by atoms with E-state index in [0.29, 0.717) is 38.4 Å². The molecule has 0 aliphatic carbocycles. The standard InChI is InChI=1S/C20H25N7O3S/c1-21-20(22-15-17-4-2-5-19(14-17)27-8-3-7-23-27)25-9-11-26(12-10-25)31(28,29)16-18-6-13-30-24-18/h2-8,13-14H,9-12,15-16H2,1H3,(H,21,22). The molecule has 10 nitrogen and oxygen atoms in total. The van der Waals surface area contributed by atoms with E-state index in [0.717, 1.165) is 17.2 Å². The van der Waals surface area contributed by atoms with Crippen LogP contribution in [0.4, 0.5) is 0 Å². The second-order valence-electron chi connectivity index (χ2n) is 7.15. The van der Waals surface area contributed by atoms with Gasteiger partial charge in [0.15, 0.2) is 5.96 Å². The summed E-state index contributed by atoms with van der Waals surface area (Å²) in [5.41, 5.74) is 2.51. The highest BCUT2D eigenvalue weighted by atomic mass is 32.2. The number of piperazine rings is 1. The molecule has 4 rings (SSSR count). The van der Waals surface area contributed by atoms with E-state index in [4.69, 9.17) is 4.52 Å². The highest BCUT2D eigenvalue weighted by molar-refractivity contribution is 7.88. The average molecular weight is 444 g/mol. The molecule has 1 aliphatic heterocycles. The third kappa shape index (κ3) is 5.12. The first-order valence-corrected chi connectivity index (χ1v) is 11.6. The Morgan fingerprint density at radius 3 is 2.71 bits per heavy atom. The molecule has 3 heterocycles. The summed E-state index contributed by atoms with van der Waals surface area (Å²) in [7, 11) is -1.70. The minimum Gasteiger partial charge on any atom is -0.364 e. The van der Waals surface area contributed by atoms with E-state index in [1.165, 1.54) is 10.6 Å². The Morgan fingerprint density at radius 1 is 1.19 bits per heavy atom. The van der Waals surface area contributed by atoms with Crippen LogP contribution in [0, 0.1) is 0 Å². The average Bonchev–Trinajstić information content (AvgIpc) is 3.49. The molecular formula is C20H25N7O3S. The van der Waals surface area contributed by atoms with Gasteiger partial charge < -0.3 is 14.7 Å². The van der Waals surface area contributed by atoms with Crippen molar-refractivity contribution in [3.8, 4) is 5.69 Å². The molecule has 1 aliphatic rings. The van der Waals surface area contributed by atoms with Crippen molar-refractivity contribution in [2.24, 2.45) is 4.99 Å². The van der Waals surface area contributed by atoms with Crippen molar-refractivity contribution in [1.82, 2.24) is 29.5 Å². The van der Waals surface area contributed by atoms with Gasteiger partial charge in [-0.2, -0.15) is 9.40 Å². The molecule has 0 bridgehead atoms. The van der Waals surface area contributed by atoms with Crippen LogP contribution in [0.3, 0.4) is 0 Å². The smallest absolute Gasteiger partial charge is 0.220 e. The number of nitrogens with zero attached hydrogens (tertiary/aromatic N) is 6. The molecule has 1 fully saturated rings. The van der Waals surface area contributed by atoms with Crippen molar-refractivity contribution in [2.75, 3.05) is 33.2 Å².